The van der Waals surface area contributed by atoms with E-state index in [1.807, 2.05) is 4.72 Å². The molecule has 1 amide bonds. The van der Waals surface area contributed by atoms with E-state index >= 15 is 0 Å². The lowest BCUT2D eigenvalue weighted by atomic mass is 9.90. The van der Waals surface area contributed by atoms with Gasteiger partial charge in [-0.15, -0.1) is 0 Å². The molecule has 1 aromatic carbocycles. The molecule has 13 nitrogen and oxygen atoms in total. The van der Waals surface area contributed by atoms with Gasteiger partial charge in [0, 0.05) is 12.6 Å². The fraction of sp³-hybridized carbons (Fsp3) is 0.500. The number of nitrogens with zero attached hydrogens (tertiary/aromatic N) is 5. The van der Waals surface area contributed by atoms with Crippen molar-refractivity contribution in [2.75, 3.05) is 6.54 Å². The summed E-state index contributed by atoms with van der Waals surface area (Å²) in [4.78, 5) is 24.4. The van der Waals surface area contributed by atoms with Gasteiger partial charge in [0.25, 0.3) is 0 Å². The largest absolute Gasteiger partial charge is 0.446 e. The highest BCUT2D eigenvalue weighted by molar-refractivity contribution is 9.10. The normalized spacial score (nSPS) is 21.7. The molecule has 2 bridgehead atoms. The first-order valence-corrected chi connectivity index (χ1v) is 13.9. The van der Waals surface area contributed by atoms with E-state index in [0.29, 0.717) is 30.6 Å². The number of amides is 1. The number of fused-ring (bicyclic) bond motifs is 2. The maximum absolute atomic E-state index is 13.7. The number of aromatic nitrogens is 4. The lowest BCUT2D eigenvalue weighted by Gasteiger charge is -2.30. The summed E-state index contributed by atoms with van der Waals surface area (Å²) in [6, 6.07) is 3.69. The van der Waals surface area contributed by atoms with Crippen molar-refractivity contribution in [2.24, 2.45) is 11.8 Å². The van der Waals surface area contributed by atoms with Crippen LogP contribution in [0.5, 0.6) is 0 Å². The Bertz CT molecular complexity index is 1550. The van der Waals surface area contributed by atoms with Crippen LogP contribution in [0.1, 0.15) is 39.3 Å². The smallest absolute Gasteiger partial charge is 0.443 e. The molecular formula is C22H24BrFN6O7S. The van der Waals surface area contributed by atoms with Crippen LogP contribution in [-0.2, 0) is 21.4 Å². The van der Waals surface area contributed by atoms with Gasteiger partial charge in [-0.25, -0.2) is 27.9 Å². The topological polar surface area (TPSA) is 163 Å². The molecule has 3 heterocycles. The maximum Gasteiger partial charge on any atom is 0.446 e. The van der Waals surface area contributed by atoms with Crippen LogP contribution in [0.4, 0.5) is 9.18 Å². The highest BCUT2D eigenvalue weighted by Gasteiger charge is 2.50. The lowest BCUT2D eigenvalue weighted by molar-refractivity contribution is 0.0566. The zero-order valence-corrected chi connectivity index (χ0v) is 23.0. The Balaban J connectivity index is 1.31. The van der Waals surface area contributed by atoms with Gasteiger partial charge in [0.2, 0.25) is 5.82 Å². The molecular weight excluding hydrogens is 591 g/mol. The summed E-state index contributed by atoms with van der Waals surface area (Å²) < 4.78 is 58.8. The number of ether oxygens (including phenoxy) is 1. The molecule has 5 rings (SSSR count). The standard InChI is InChI=1S/C22H24BrFN6O7S/c1-22(2,3)35-20(31)28-38(33,34)29-10-12-7-14(29)6-11(12)8-17-18(26-37-25-17)19-27-36-21(32)30(19)13-4-5-16(24)15(23)9-13/h4-5,9,11-12,14H,6-8,10H2,1-3H3,(H,28,31). The van der Waals surface area contributed by atoms with Gasteiger partial charge in [-0.05, 0) is 91.2 Å². The molecule has 0 radical (unpaired) electrons. The molecule has 2 aromatic heterocycles. The Morgan fingerprint density at radius 2 is 2.03 bits per heavy atom. The quantitative estimate of drug-likeness (QED) is 0.436. The second-order valence-corrected chi connectivity index (χ2v) is 12.8. The van der Waals surface area contributed by atoms with Crippen LogP contribution in [0.25, 0.3) is 17.2 Å². The van der Waals surface area contributed by atoms with E-state index in [1.54, 1.807) is 20.8 Å². The third kappa shape index (κ3) is 5.11. The number of benzene rings is 1. The van der Waals surface area contributed by atoms with Crippen LogP contribution in [0.3, 0.4) is 0 Å². The summed E-state index contributed by atoms with van der Waals surface area (Å²) in [5.41, 5.74) is 0.0778. The molecule has 16 heteroatoms. The fourth-order valence-corrected chi connectivity index (χ4v) is 6.72. The van der Waals surface area contributed by atoms with E-state index in [4.69, 9.17) is 13.9 Å². The van der Waals surface area contributed by atoms with Crippen molar-refractivity contribution in [1.82, 2.24) is 29.1 Å². The van der Waals surface area contributed by atoms with E-state index in [9.17, 15) is 22.4 Å². The molecule has 3 unspecified atom stereocenters. The first-order valence-electron chi connectivity index (χ1n) is 11.7. The van der Waals surface area contributed by atoms with Crippen molar-refractivity contribution in [3.8, 4) is 17.2 Å². The van der Waals surface area contributed by atoms with Gasteiger partial charge in [0.1, 0.15) is 17.1 Å². The summed E-state index contributed by atoms with van der Waals surface area (Å²) in [6.07, 6.45) is 0.519. The van der Waals surface area contributed by atoms with Crippen molar-refractivity contribution < 1.29 is 31.5 Å². The molecule has 3 atom stereocenters. The summed E-state index contributed by atoms with van der Waals surface area (Å²) in [5.74, 6) is -1.21. The van der Waals surface area contributed by atoms with Gasteiger partial charge < -0.3 is 4.74 Å². The minimum Gasteiger partial charge on any atom is -0.443 e. The second kappa shape index (κ2) is 9.57. The number of rotatable bonds is 6. The number of carbonyl (C=O) groups is 1. The Morgan fingerprint density at radius 1 is 1.26 bits per heavy atom. The number of carbonyl (C=O) groups excluding carboxylic acids is 1. The molecule has 2 aliphatic rings. The summed E-state index contributed by atoms with van der Waals surface area (Å²) >= 11 is 3.10. The number of nitrogens with one attached hydrogen (secondary N) is 1. The fourth-order valence-electron chi connectivity index (χ4n) is 5.04. The third-order valence-electron chi connectivity index (χ3n) is 6.55. The summed E-state index contributed by atoms with van der Waals surface area (Å²) in [5, 5.41) is 11.8. The minimum atomic E-state index is -4.07. The Labute approximate surface area is 224 Å². The lowest BCUT2D eigenvalue weighted by Crippen LogP contribution is -2.49. The van der Waals surface area contributed by atoms with Gasteiger partial charge in [-0.3, -0.25) is 4.52 Å². The molecule has 38 heavy (non-hydrogen) atoms. The predicted molar refractivity (Wildman–Crippen MR) is 132 cm³/mol. The van der Waals surface area contributed by atoms with Crippen LogP contribution < -0.4 is 10.5 Å². The monoisotopic (exact) mass is 614 g/mol. The molecule has 1 aliphatic carbocycles. The molecule has 1 saturated carbocycles. The van der Waals surface area contributed by atoms with E-state index < -0.39 is 33.5 Å². The SMILES string of the molecule is CC(C)(C)OC(=O)NS(=O)(=O)N1CC2CC1CC2Cc1nonc1-c1noc(=O)n1-c1ccc(F)c(Br)c1. The molecule has 1 N–H and O–H groups in total. The van der Waals surface area contributed by atoms with Crippen molar-refractivity contribution in [1.29, 1.82) is 0 Å². The van der Waals surface area contributed by atoms with Crippen molar-refractivity contribution in [3.63, 3.8) is 0 Å². The molecule has 2 fully saturated rings. The highest BCUT2D eigenvalue weighted by Crippen LogP contribution is 2.45. The van der Waals surface area contributed by atoms with Gasteiger partial charge >= 0.3 is 22.1 Å². The van der Waals surface area contributed by atoms with Crippen molar-refractivity contribution in [3.05, 3.63) is 44.7 Å². The number of halogens is 2. The Hall–Kier alpha value is -3.11. The van der Waals surface area contributed by atoms with Crippen molar-refractivity contribution >= 4 is 32.2 Å². The minimum absolute atomic E-state index is 0.00678. The molecule has 0 spiro atoms. The predicted octanol–water partition coefficient (Wildman–Crippen LogP) is 2.80. The Morgan fingerprint density at radius 3 is 2.68 bits per heavy atom. The molecule has 3 aromatic rings. The second-order valence-electron chi connectivity index (χ2n) is 10.3. The first kappa shape index (κ1) is 26.5. The van der Waals surface area contributed by atoms with Crippen LogP contribution in [0, 0.1) is 17.7 Å². The maximum atomic E-state index is 13.7. The Kier molecular flexibility index (Phi) is 6.67. The summed E-state index contributed by atoms with van der Waals surface area (Å²) in [7, 11) is -4.07. The number of hydrogen-bond acceptors (Lipinski definition) is 10. The van der Waals surface area contributed by atoms with Gasteiger partial charge in [-0.1, -0.05) is 10.3 Å². The van der Waals surface area contributed by atoms with Crippen LogP contribution in [0.2, 0.25) is 0 Å². The third-order valence-corrected chi connectivity index (χ3v) is 8.64. The first-order chi connectivity index (χ1) is 17.8. The van der Waals surface area contributed by atoms with Crippen LogP contribution >= 0.6 is 15.9 Å². The summed E-state index contributed by atoms with van der Waals surface area (Å²) in [6.45, 7) is 5.16. The molecule has 1 aliphatic heterocycles. The van der Waals surface area contributed by atoms with E-state index in [1.165, 1.54) is 22.5 Å². The van der Waals surface area contributed by atoms with E-state index in [0.717, 1.165) is 4.57 Å². The average molecular weight is 615 g/mol. The average Bonchev–Trinajstić information content (AvgIpc) is 3.58. The molecule has 1 saturated heterocycles. The number of piperidine rings is 1. The number of hydrogen-bond donors (Lipinski definition) is 1. The zero-order chi connectivity index (χ0) is 27.4. The zero-order valence-electron chi connectivity index (χ0n) is 20.6. The molecule has 204 valence electrons. The van der Waals surface area contributed by atoms with E-state index in [-0.39, 0.29) is 40.4 Å². The van der Waals surface area contributed by atoms with Gasteiger partial charge in [-0.2, -0.15) is 12.7 Å². The van der Waals surface area contributed by atoms with Crippen molar-refractivity contribution in [2.45, 2.75) is 51.7 Å². The van der Waals surface area contributed by atoms with Crippen LogP contribution in [-0.4, -0.2) is 57.0 Å². The highest BCUT2D eigenvalue weighted by atomic mass is 79.9. The van der Waals surface area contributed by atoms with Gasteiger partial charge in [0.05, 0.1) is 10.2 Å². The van der Waals surface area contributed by atoms with Gasteiger partial charge in [0.15, 0.2) is 5.69 Å². The van der Waals surface area contributed by atoms with E-state index in [2.05, 4.69) is 31.4 Å². The van der Waals surface area contributed by atoms with Crippen LogP contribution in [0.15, 0.2) is 36.6 Å².